The number of fused-ring (bicyclic) bond motifs is 1. The lowest BCUT2D eigenvalue weighted by Gasteiger charge is -1.90. The van der Waals surface area contributed by atoms with Gasteiger partial charge < -0.3 is 9.84 Å². The highest BCUT2D eigenvalue weighted by molar-refractivity contribution is 5.32. The predicted octanol–water partition coefficient (Wildman–Crippen LogP) is -0.964. The molecule has 0 aliphatic carbocycles. The molecule has 2 aromatic heterocycles. The summed E-state index contributed by atoms with van der Waals surface area (Å²) < 4.78 is 5.90. The van der Waals surface area contributed by atoms with Crippen LogP contribution in [-0.2, 0) is 11.3 Å². The lowest BCUT2D eigenvalue weighted by Crippen LogP contribution is -2.33. The molecule has 0 aliphatic heterocycles. The Morgan fingerprint density at radius 2 is 2.38 bits per heavy atom. The lowest BCUT2D eigenvalue weighted by atomic mass is 10.4. The highest BCUT2D eigenvalue weighted by Crippen LogP contribution is 1.94. The van der Waals surface area contributed by atoms with Gasteiger partial charge in [0.15, 0.2) is 5.82 Å². The maximum Gasteiger partial charge on any atom is 0.286 e. The zero-order valence-corrected chi connectivity index (χ0v) is 8.84. The fourth-order valence-electron chi connectivity index (χ4n) is 1.30. The van der Waals surface area contributed by atoms with Crippen molar-refractivity contribution in [2.24, 2.45) is 0 Å². The largest absolute Gasteiger partial charge is 0.512 e. The molecule has 0 spiro atoms. The van der Waals surface area contributed by atoms with Gasteiger partial charge in [0.1, 0.15) is 12.4 Å². The first kappa shape index (κ1) is 10.5. The van der Waals surface area contributed by atoms with E-state index in [1.54, 1.807) is 0 Å². The van der Waals surface area contributed by atoms with Crippen LogP contribution in [0.2, 0.25) is 0 Å². The zero-order valence-electron chi connectivity index (χ0n) is 8.84. The number of aliphatic hydroxyl groups is 1. The van der Waals surface area contributed by atoms with Gasteiger partial charge in [0.05, 0.1) is 5.22 Å². The van der Waals surface area contributed by atoms with E-state index in [4.69, 9.17) is 4.74 Å². The van der Waals surface area contributed by atoms with Crippen LogP contribution in [0, 0.1) is 0 Å². The van der Waals surface area contributed by atoms with Crippen LogP contribution in [0.1, 0.15) is 12.7 Å². The van der Waals surface area contributed by atoms with Gasteiger partial charge in [0, 0.05) is 13.3 Å². The molecule has 0 fully saturated rings. The van der Waals surface area contributed by atoms with Crippen LogP contribution in [0.25, 0.3) is 11.5 Å². The number of aromatic nitrogens is 4. The third-order valence-electron chi connectivity index (χ3n) is 2.03. The summed E-state index contributed by atoms with van der Waals surface area (Å²) in [5.41, 5.74) is -0.445. The Kier molecular flexibility index (Phi) is 2.53. The molecule has 16 heavy (non-hydrogen) atoms. The molecule has 2 rings (SSSR count). The van der Waals surface area contributed by atoms with E-state index in [0.29, 0.717) is 5.82 Å². The topological polar surface area (TPSA) is 89.6 Å². The van der Waals surface area contributed by atoms with Crippen LogP contribution in [0.3, 0.4) is 0 Å². The molecule has 0 aromatic carbocycles. The highest BCUT2D eigenvalue weighted by Gasteiger charge is 2.08. The van der Waals surface area contributed by atoms with Gasteiger partial charge in [-0.25, -0.2) is 4.98 Å². The first-order valence-corrected chi connectivity index (χ1v) is 4.57. The molecule has 0 bridgehead atoms. The Balaban J connectivity index is 2.76. The highest BCUT2D eigenvalue weighted by atomic mass is 16.5. The molecule has 0 radical (unpaired) electrons. The number of methoxy groups -OCH3 is 1. The van der Waals surface area contributed by atoms with Gasteiger partial charge in [-0.1, -0.05) is 0 Å². The van der Waals surface area contributed by atoms with Crippen molar-refractivity contribution in [2.75, 3.05) is 7.11 Å². The van der Waals surface area contributed by atoms with Crippen molar-refractivity contribution in [2.45, 2.75) is 13.5 Å². The van der Waals surface area contributed by atoms with Crippen molar-refractivity contribution in [3.05, 3.63) is 27.6 Å². The number of rotatable bonds is 2. The molecular weight excluding hydrogens is 212 g/mol. The van der Waals surface area contributed by atoms with Crippen LogP contribution in [-0.4, -0.2) is 31.8 Å². The second kappa shape index (κ2) is 3.86. The van der Waals surface area contributed by atoms with E-state index in [-0.39, 0.29) is 23.4 Å². The van der Waals surface area contributed by atoms with Crippen molar-refractivity contribution < 1.29 is 9.84 Å². The summed E-state index contributed by atoms with van der Waals surface area (Å²) in [4.78, 5) is 19.7. The quantitative estimate of drug-likeness (QED) is 0.703. The fraction of sp³-hybridized carbons (Fsp3) is 0.333. The number of hydrogen-bond donors (Lipinski definition) is 1. The molecule has 0 atom stereocenters. The molecule has 0 aliphatic rings. The molecule has 2 aromatic rings. The van der Waals surface area contributed by atoms with Crippen LogP contribution < -0.4 is 10.8 Å². The minimum absolute atomic E-state index is 0.0943. The van der Waals surface area contributed by atoms with Gasteiger partial charge in [0.2, 0.25) is 0 Å². The average Bonchev–Trinajstić information content (AvgIpc) is 2.62. The number of aliphatic hydroxyl groups excluding tert-OH is 1. The Morgan fingerprint density at radius 3 is 3.00 bits per heavy atom. The van der Waals surface area contributed by atoms with Crippen LogP contribution in [0.15, 0.2) is 11.0 Å². The van der Waals surface area contributed by atoms with Crippen molar-refractivity contribution in [1.82, 2.24) is 19.6 Å². The maximum atomic E-state index is 11.8. The predicted molar refractivity (Wildman–Crippen MR) is 54.7 cm³/mol. The third-order valence-corrected chi connectivity index (χ3v) is 2.03. The lowest BCUT2D eigenvalue weighted by molar-refractivity contribution is 0.178. The fourth-order valence-corrected chi connectivity index (χ4v) is 1.30. The van der Waals surface area contributed by atoms with E-state index in [9.17, 15) is 9.90 Å². The summed E-state index contributed by atoms with van der Waals surface area (Å²) in [6.45, 7) is 1.62. The van der Waals surface area contributed by atoms with Crippen LogP contribution in [0.5, 0.6) is 0 Å². The number of ether oxygens (including phenoxy) is 1. The summed E-state index contributed by atoms with van der Waals surface area (Å²) in [5, 5.41) is 13.3. The van der Waals surface area contributed by atoms with E-state index < -0.39 is 5.56 Å². The van der Waals surface area contributed by atoms with Crippen molar-refractivity contribution in [3.63, 3.8) is 0 Å². The minimum atomic E-state index is -0.445. The smallest absolute Gasteiger partial charge is 0.286 e. The molecule has 0 saturated carbocycles. The number of hydrogen-bond acceptors (Lipinski definition) is 6. The summed E-state index contributed by atoms with van der Waals surface area (Å²) in [6.07, 6.45) is 1.28. The van der Waals surface area contributed by atoms with Gasteiger partial charge in [-0.2, -0.15) is 9.50 Å². The SMILES string of the molecule is COCc1nc2ncc(=C(C)O)c(=O)n2n1. The molecule has 0 saturated heterocycles. The molecule has 84 valence electrons. The molecule has 7 heteroatoms. The standard InChI is InChI=1S/C9H10N4O3/c1-5(14)6-3-10-9-11-7(4-16-2)12-13(9)8(6)15/h3,14H,4H2,1-2H3. The van der Waals surface area contributed by atoms with Crippen molar-refractivity contribution in [1.29, 1.82) is 0 Å². The summed E-state index contributed by atoms with van der Waals surface area (Å²) in [5.74, 6) is 0.477. The van der Waals surface area contributed by atoms with E-state index in [2.05, 4.69) is 15.1 Å². The van der Waals surface area contributed by atoms with Crippen molar-refractivity contribution >= 4 is 11.5 Å². The summed E-state index contributed by atoms with van der Waals surface area (Å²) in [6, 6.07) is 0. The normalized spacial score (nSPS) is 13.1. The molecule has 0 amide bonds. The monoisotopic (exact) mass is 222 g/mol. The van der Waals surface area contributed by atoms with E-state index >= 15 is 0 Å². The Bertz CT molecular complexity index is 630. The van der Waals surface area contributed by atoms with Crippen molar-refractivity contribution in [3.8, 4) is 0 Å². The van der Waals surface area contributed by atoms with Gasteiger partial charge in [0.25, 0.3) is 11.3 Å². The molecule has 1 N–H and O–H groups in total. The van der Waals surface area contributed by atoms with Gasteiger partial charge in [-0.05, 0) is 6.92 Å². The first-order valence-electron chi connectivity index (χ1n) is 4.57. The second-order valence-electron chi connectivity index (χ2n) is 3.24. The zero-order chi connectivity index (χ0) is 11.7. The van der Waals surface area contributed by atoms with Gasteiger partial charge in [-0.3, -0.25) is 4.79 Å². The first-order chi connectivity index (χ1) is 7.63. The van der Waals surface area contributed by atoms with E-state index in [0.717, 1.165) is 4.52 Å². The van der Waals surface area contributed by atoms with Gasteiger partial charge >= 0.3 is 0 Å². The Labute approximate surface area is 90.0 Å². The van der Waals surface area contributed by atoms with Gasteiger partial charge in [-0.15, -0.1) is 5.10 Å². The number of nitrogens with zero attached hydrogens (tertiary/aromatic N) is 4. The molecule has 2 heterocycles. The average molecular weight is 222 g/mol. The van der Waals surface area contributed by atoms with Crippen LogP contribution in [0.4, 0.5) is 0 Å². The van der Waals surface area contributed by atoms with E-state index in [1.165, 1.54) is 20.2 Å². The Hall–Kier alpha value is -2.02. The minimum Gasteiger partial charge on any atom is -0.512 e. The summed E-state index contributed by atoms with van der Waals surface area (Å²) in [7, 11) is 1.51. The second-order valence-corrected chi connectivity index (χ2v) is 3.24. The maximum absolute atomic E-state index is 11.8. The Morgan fingerprint density at radius 1 is 1.62 bits per heavy atom. The summed E-state index contributed by atoms with van der Waals surface area (Å²) >= 11 is 0. The molecule has 7 nitrogen and oxygen atoms in total. The third kappa shape index (κ3) is 1.61. The molecular formula is C9H10N4O3. The van der Waals surface area contributed by atoms with E-state index in [1.807, 2.05) is 0 Å². The van der Waals surface area contributed by atoms with Crippen LogP contribution >= 0.6 is 0 Å². The molecule has 0 unspecified atom stereocenters.